The van der Waals surface area contributed by atoms with Gasteiger partial charge in [-0.25, -0.2) is 0 Å². The minimum Gasteiger partial charge on any atom is -0.310 e. The highest BCUT2D eigenvalue weighted by atomic mass is 32.1. The quantitative estimate of drug-likeness (QED) is 0.179. The predicted octanol–water partition coefficient (Wildman–Crippen LogP) is 13.6. The highest BCUT2D eigenvalue weighted by Gasteiger charge is 2.39. The summed E-state index contributed by atoms with van der Waals surface area (Å²) < 4.78 is 7.78. The summed E-state index contributed by atoms with van der Waals surface area (Å²) in [5, 5.41) is 7.94. The topological polar surface area (TPSA) is 8.17 Å². The summed E-state index contributed by atoms with van der Waals surface area (Å²) in [5.74, 6) is 0. The largest absolute Gasteiger partial charge is 0.310 e. The van der Waals surface area contributed by atoms with E-state index >= 15 is 0 Å². The van der Waals surface area contributed by atoms with E-state index in [4.69, 9.17) is 0 Å². The standard InChI is InChI=1S/C45H30N2S2/c1-45(2)34-25-27(46-35-15-7-3-11-29(35)30-12-4-8-16-36(30)46)20-22-37(34)47(28-19-21-32-31-13-5-9-17-39(31)49-42(32)26-28)38-23-24-41-43(44(38)45)33-14-6-10-18-40(33)48-41/h3-26H,1-2H3. The van der Waals surface area contributed by atoms with E-state index in [0.717, 1.165) is 0 Å². The molecule has 7 aromatic carbocycles. The van der Waals surface area contributed by atoms with Crippen molar-refractivity contribution in [2.24, 2.45) is 0 Å². The predicted molar refractivity (Wildman–Crippen MR) is 213 cm³/mol. The molecular formula is C45H30N2S2. The summed E-state index contributed by atoms with van der Waals surface area (Å²) >= 11 is 3.78. The number of anilines is 3. The van der Waals surface area contributed by atoms with Crippen molar-refractivity contribution in [3.05, 3.63) is 157 Å². The summed E-state index contributed by atoms with van der Waals surface area (Å²) in [7, 11) is 0. The van der Waals surface area contributed by atoms with Crippen LogP contribution in [0.5, 0.6) is 0 Å². The molecule has 0 radical (unpaired) electrons. The van der Waals surface area contributed by atoms with Gasteiger partial charge in [0.05, 0.1) is 22.4 Å². The van der Waals surface area contributed by atoms with Gasteiger partial charge < -0.3 is 9.47 Å². The lowest BCUT2D eigenvalue weighted by molar-refractivity contribution is 0.638. The molecule has 3 aromatic heterocycles. The highest BCUT2D eigenvalue weighted by molar-refractivity contribution is 7.26. The van der Waals surface area contributed by atoms with E-state index in [1.165, 1.54) is 96.0 Å². The van der Waals surface area contributed by atoms with Crippen LogP contribution in [0.2, 0.25) is 0 Å². The molecule has 0 fully saturated rings. The van der Waals surface area contributed by atoms with E-state index in [1.807, 2.05) is 22.7 Å². The molecule has 232 valence electrons. The van der Waals surface area contributed by atoms with Crippen molar-refractivity contribution in [3.8, 4) is 5.69 Å². The van der Waals surface area contributed by atoms with E-state index in [0.29, 0.717) is 0 Å². The minimum absolute atomic E-state index is 0.263. The van der Waals surface area contributed by atoms with Gasteiger partial charge in [-0.3, -0.25) is 0 Å². The summed E-state index contributed by atoms with van der Waals surface area (Å²) in [4.78, 5) is 2.53. The molecule has 11 rings (SSSR count). The van der Waals surface area contributed by atoms with Gasteiger partial charge in [-0.15, -0.1) is 22.7 Å². The van der Waals surface area contributed by atoms with Crippen molar-refractivity contribution in [2.45, 2.75) is 19.3 Å². The molecule has 10 aromatic rings. The zero-order valence-corrected chi connectivity index (χ0v) is 28.7. The molecule has 0 amide bonds. The zero-order valence-electron chi connectivity index (χ0n) is 27.1. The molecule has 0 aliphatic carbocycles. The van der Waals surface area contributed by atoms with Crippen LogP contribution < -0.4 is 4.90 Å². The average molecular weight is 663 g/mol. The first-order chi connectivity index (χ1) is 24.1. The number of para-hydroxylation sites is 2. The lowest BCUT2D eigenvalue weighted by atomic mass is 9.72. The Kier molecular flexibility index (Phi) is 5.52. The SMILES string of the molecule is CC1(C)c2cc(-n3c4ccccc4c4ccccc43)ccc2N(c2ccc3c(c2)sc2ccccc23)c2ccc3sc4ccccc4c3c21. The molecule has 0 unspecified atom stereocenters. The van der Waals surface area contributed by atoms with Crippen molar-refractivity contribution in [3.63, 3.8) is 0 Å². The third-order valence-corrected chi connectivity index (χ3v) is 13.0. The van der Waals surface area contributed by atoms with Crippen LogP contribution >= 0.6 is 22.7 Å². The van der Waals surface area contributed by atoms with Crippen molar-refractivity contribution in [1.82, 2.24) is 4.57 Å². The molecule has 1 aliphatic heterocycles. The van der Waals surface area contributed by atoms with E-state index in [1.54, 1.807) is 0 Å². The first kappa shape index (κ1) is 27.5. The number of hydrogen-bond acceptors (Lipinski definition) is 3. The van der Waals surface area contributed by atoms with Gasteiger partial charge in [-0.05, 0) is 77.9 Å². The Bertz CT molecular complexity index is 2940. The van der Waals surface area contributed by atoms with Crippen LogP contribution in [0.4, 0.5) is 17.1 Å². The fourth-order valence-corrected chi connectivity index (χ4v) is 10.8. The van der Waals surface area contributed by atoms with Gasteiger partial charge in [0.25, 0.3) is 0 Å². The van der Waals surface area contributed by atoms with E-state index in [9.17, 15) is 0 Å². The lowest BCUT2D eigenvalue weighted by Gasteiger charge is -2.43. The summed E-state index contributed by atoms with van der Waals surface area (Å²) in [6, 6.07) is 54.2. The number of nitrogens with zero attached hydrogens (tertiary/aromatic N) is 2. The van der Waals surface area contributed by atoms with E-state index in [2.05, 4.69) is 169 Å². The summed E-state index contributed by atoms with van der Waals surface area (Å²) in [6.07, 6.45) is 0. The number of hydrogen-bond donors (Lipinski definition) is 0. The highest BCUT2D eigenvalue weighted by Crippen LogP contribution is 2.56. The van der Waals surface area contributed by atoms with Gasteiger partial charge in [0.2, 0.25) is 0 Å². The number of benzene rings is 7. The Morgan fingerprint density at radius 2 is 1.02 bits per heavy atom. The van der Waals surface area contributed by atoms with Crippen molar-refractivity contribution in [1.29, 1.82) is 0 Å². The number of fused-ring (bicyclic) bond motifs is 12. The van der Waals surface area contributed by atoms with Crippen LogP contribution in [0.3, 0.4) is 0 Å². The maximum atomic E-state index is 2.53. The smallest absolute Gasteiger partial charge is 0.0541 e. The Hall–Kier alpha value is -5.42. The first-order valence-electron chi connectivity index (χ1n) is 16.9. The third-order valence-electron chi connectivity index (χ3n) is 10.7. The second-order valence-electron chi connectivity index (χ2n) is 13.7. The van der Waals surface area contributed by atoms with Gasteiger partial charge in [-0.1, -0.05) is 92.7 Å². The molecule has 1 aliphatic rings. The van der Waals surface area contributed by atoms with Crippen LogP contribution in [-0.4, -0.2) is 4.57 Å². The maximum Gasteiger partial charge on any atom is 0.0541 e. The molecule has 0 spiro atoms. The van der Waals surface area contributed by atoms with Crippen molar-refractivity contribution >= 4 is 102 Å². The Morgan fingerprint density at radius 1 is 0.449 bits per heavy atom. The van der Waals surface area contributed by atoms with E-state index < -0.39 is 0 Å². The fourth-order valence-electron chi connectivity index (χ4n) is 8.58. The fraction of sp³-hybridized carbons (Fsp3) is 0.0667. The molecule has 0 N–H and O–H groups in total. The second kappa shape index (κ2) is 9.82. The minimum atomic E-state index is -0.263. The number of aromatic nitrogens is 1. The molecule has 4 heteroatoms. The van der Waals surface area contributed by atoms with Gasteiger partial charge in [-0.2, -0.15) is 0 Å². The molecule has 2 nitrogen and oxygen atoms in total. The second-order valence-corrected chi connectivity index (χ2v) is 15.9. The van der Waals surface area contributed by atoms with Gasteiger partial charge >= 0.3 is 0 Å². The molecular weight excluding hydrogens is 633 g/mol. The molecule has 0 saturated carbocycles. The van der Waals surface area contributed by atoms with Crippen molar-refractivity contribution < 1.29 is 0 Å². The first-order valence-corrected chi connectivity index (χ1v) is 18.5. The summed E-state index contributed by atoms with van der Waals surface area (Å²) in [5.41, 5.74) is 9.81. The van der Waals surface area contributed by atoms with Crippen LogP contribution in [0, 0.1) is 0 Å². The normalized spacial score (nSPS) is 14.0. The summed E-state index contributed by atoms with van der Waals surface area (Å²) in [6.45, 7) is 4.86. The van der Waals surface area contributed by atoms with Crippen LogP contribution in [0.25, 0.3) is 67.8 Å². The number of rotatable bonds is 2. The molecule has 4 heterocycles. The molecule has 49 heavy (non-hydrogen) atoms. The average Bonchev–Trinajstić information content (AvgIpc) is 3.81. The zero-order chi connectivity index (χ0) is 32.4. The molecule has 0 bridgehead atoms. The Balaban J connectivity index is 1.23. The Labute approximate surface area is 291 Å². The maximum absolute atomic E-state index is 2.53. The Morgan fingerprint density at radius 3 is 1.78 bits per heavy atom. The molecule has 0 saturated heterocycles. The van der Waals surface area contributed by atoms with E-state index in [-0.39, 0.29) is 5.41 Å². The van der Waals surface area contributed by atoms with Crippen molar-refractivity contribution in [2.75, 3.05) is 4.90 Å². The monoisotopic (exact) mass is 662 g/mol. The van der Waals surface area contributed by atoms with Crippen LogP contribution in [-0.2, 0) is 5.41 Å². The molecule has 0 atom stereocenters. The van der Waals surface area contributed by atoms with Gasteiger partial charge in [0, 0.05) is 67.9 Å². The van der Waals surface area contributed by atoms with Crippen LogP contribution in [0.15, 0.2) is 146 Å². The van der Waals surface area contributed by atoms with Gasteiger partial charge in [0.1, 0.15) is 0 Å². The lowest BCUT2D eigenvalue weighted by Crippen LogP contribution is -2.31. The van der Waals surface area contributed by atoms with Crippen LogP contribution in [0.1, 0.15) is 25.0 Å². The number of thiophene rings is 2. The third kappa shape index (κ3) is 3.70. The van der Waals surface area contributed by atoms with Gasteiger partial charge in [0.15, 0.2) is 0 Å².